The summed E-state index contributed by atoms with van der Waals surface area (Å²) in [6, 6.07) is 5.95. The van der Waals surface area contributed by atoms with Crippen molar-refractivity contribution in [2.45, 2.75) is 18.6 Å². The minimum atomic E-state index is 0.124. The fraction of sp³-hybridized carbons (Fsp3) is 0.462. The van der Waals surface area contributed by atoms with Crippen molar-refractivity contribution in [3.63, 3.8) is 0 Å². The molecule has 0 aromatic heterocycles. The smallest absolute Gasteiger partial charge is 0.171 e. The Morgan fingerprint density at radius 2 is 2.42 bits per heavy atom. The summed E-state index contributed by atoms with van der Waals surface area (Å²) in [6.07, 6.45) is 1.20. The van der Waals surface area contributed by atoms with Gasteiger partial charge in [0.25, 0.3) is 0 Å². The number of thioether (sulfide) groups is 1. The minimum absolute atomic E-state index is 0.124. The molecule has 0 radical (unpaired) electrons. The normalized spacial score (nSPS) is 20.6. The van der Waals surface area contributed by atoms with Crippen molar-refractivity contribution in [2.24, 2.45) is 10.9 Å². The lowest BCUT2D eigenvalue weighted by atomic mass is 10.1. The van der Waals surface area contributed by atoms with Crippen LogP contribution >= 0.6 is 27.7 Å². The first-order valence-electron chi connectivity index (χ1n) is 6.29. The van der Waals surface area contributed by atoms with Crippen LogP contribution < -0.4 is 10.6 Å². The molecule has 0 saturated carbocycles. The summed E-state index contributed by atoms with van der Waals surface area (Å²) in [7, 11) is 0. The molecule has 1 fully saturated rings. The van der Waals surface area contributed by atoms with Gasteiger partial charge in [-0.05, 0) is 40.5 Å². The van der Waals surface area contributed by atoms with Crippen LogP contribution in [0.3, 0.4) is 0 Å². The second kappa shape index (κ2) is 6.52. The van der Waals surface area contributed by atoms with E-state index in [9.17, 15) is 0 Å². The highest BCUT2D eigenvalue weighted by Crippen LogP contribution is 2.29. The molecule has 0 bridgehead atoms. The molecule has 1 unspecified atom stereocenters. The molecule has 0 amide bonds. The third kappa shape index (κ3) is 3.36. The summed E-state index contributed by atoms with van der Waals surface area (Å²) in [5, 5.41) is 12.5. The van der Waals surface area contributed by atoms with Crippen molar-refractivity contribution in [1.82, 2.24) is 0 Å². The van der Waals surface area contributed by atoms with E-state index in [0.717, 1.165) is 23.3 Å². The summed E-state index contributed by atoms with van der Waals surface area (Å²) < 4.78 is 0.853. The average Bonchev–Trinajstić information content (AvgIpc) is 2.46. The Balaban J connectivity index is 2.20. The Labute approximate surface area is 126 Å². The third-order valence-electron chi connectivity index (χ3n) is 3.30. The monoisotopic (exact) mass is 343 g/mol. The largest absolute Gasteiger partial charge is 0.409 e. The maximum absolute atomic E-state index is 8.73. The molecular formula is C13H18BrN3OS. The van der Waals surface area contributed by atoms with Crippen molar-refractivity contribution >= 4 is 39.2 Å². The average molecular weight is 344 g/mol. The third-order valence-corrected chi connectivity index (χ3v) is 5.32. The molecule has 2 rings (SSSR count). The molecule has 1 saturated heterocycles. The van der Waals surface area contributed by atoms with E-state index in [4.69, 9.17) is 10.9 Å². The first kappa shape index (κ1) is 14.5. The van der Waals surface area contributed by atoms with Crippen LogP contribution in [0.15, 0.2) is 27.8 Å². The molecule has 3 N–H and O–H groups in total. The highest BCUT2D eigenvalue weighted by Gasteiger charge is 2.19. The number of amidine groups is 1. The number of rotatable bonds is 3. The molecule has 1 aliphatic heterocycles. The standard InChI is InChI=1S/C13H18BrN3OS/c1-2-10-8-17(5-6-19-10)9-3-4-11(12(14)7-9)13(15)16-18/h3-4,7,10,18H,2,5-6,8H2,1H3,(H2,15,16). The highest BCUT2D eigenvalue weighted by atomic mass is 79.9. The minimum Gasteiger partial charge on any atom is -0.409 e. The number of benzene rings is 1. The van der Waals surface area contributed by atoms with Gasteiger partial charge in [0.05, 0.1) is 0 Å². The fourth-order valence-electron chi connectivity index (χ4n) is 2.16. The summed E-state index contributed by atoms with van der Waals surface area (Å²) >= 11 is 5.54. The number of nitrogens with zero attached hydrogens (tertiary/aromatic N) is 2. The number of hydrogen-bond donors (Lipinski definition) is 2. The van der Waals surface area contributed by atoms with Gasteiger partial charge in [0.15, 0.2) is 5.84 Å². The van der Waals surface area contributed by atoms with Crippen LogP contribution in [0.2, 0.25) is 0 Å². The van der Waals surface area contributed by atoms with Crippen LogP contribution in [0.5, 0.6) is 0 Å². The van der Waals surface area contributed by atoms with Gasteiger partial charge in [-0.15, -0.1) is 0 Å². The molecule has 19 heavy (non-hydrogen) atoms. The van der Waals surface area contributed by atoms with E-state index in [1.807, 2.05) is 18.2 Å². The summed E-state index contributed by atoms with van der Waals surface area (Å²) in [6.45, 7) is 4.38. The second-order valence-electron chi connectivity index (χ2n) is 4.50. The molecule has 0 aliphatic carbocycles. The zero-order chi connectivity index (χ0) is 13.8. The van der Waals surface area contributed by atoms with Gasteiger partial charge in [0, 0.05) is 39.8 Å². The van der Waals surface area contributed by atoms with Gasteiger partial charge in [-0.3, -0.25) is 0 Å². The first-order chi connectivity index (χ1) is 9.15. The van der Waals surface area contributed by atoms with E-state index < -0.39 is 0 Å². The number of halogens is 1. The predicted octanol–water partition coefficient (Wildman–Crippen LogP) is 2.88. The van der Waals surface area contributed by atoms with Crippen molar-refractivity contribution in [2.75, 3.05) is 23.7 Å². The lowest BCUT2D eigenvalue weighted by Gasteiger charge is -2.33. The number of hydrogen-bond acceptors (Lipinski definition) is 4. The topological polar surface area (TPSA) is 61.8 Å². The Morgan fingerprint density at radius 1 is 1.63 bits per heavy atom. The lowest BCUT2D eigenvalue weighted by molar-refractivity contribution is 0.318. The molecular weight excluding hydrogens is 326 g/mol. The molecule has 4 nitrogen and oxygen atoms in total. The Hall–Kier alpha value is -0.880. The van der Waals surface area contributed by atoms with E-state index in [2.05, 4.69) is 44.7 Å². The van der Waals surface area contributed by atoms with Crippen LogP contribution in [0, 0.1) is 0 Å². The Bertz CT molecular complexity index is 481. The van der Waals surface area contributed by atoms with Gasteiger partial charge in [0.1, 0.15) is 0 Å². The Morgan fingerprint density at radius 3 is 3.05 bits per heavy atom. The van der Waals surface area contributed by atoms with Gasteiger partial charge in [-0.25, -0.2) is 0 Å². The van der Waals surface area contributed by atoms with Crippen LogP contribution in [0.25, 0.3) is 0 Å². The van der Waals surface area contributed by atoms with Crippen molar-refractivity contribution < 1.29 is 5.21 Å². The van der Waals surface area contributed by atoms with E-state index >= 15 is 0 Å². The van der Waals surface area contributed by atoms with Crippen LogP contribution in [0.1, 0.15) is 18.9 Å². The predicted molar refractivity (Wildman–Crippen MR) is 85.4 cm³/mol. The van der Waals surface area contributed by atoms with Gasteiger partial charge in [-0.2, -0.15) is 11.8 Å². The van der Waals surface area contributed by atoms with Crippen LogP contribution in [-0.2, 0) is 0 Å². The van der Waals surface area contributed by atoms with E-state index in [1.165, 1.54) is 12.1 Å². The van der Waals surface area contributed by atoms with Crippen LogP contribution in [-0.4, -0.2) is 35.1 Å². The van der Waals surface area contributed by atoms with E-state index in [0.29, 0.717) is 10.8 Å². The summed E-state index contributed by atoms with van der Waals surface area (Å²) in [5.74, 6) is 1.29. The van der Waals surface area contributed by atoms with E-state index in [1.54, 1.807) is 0 Å². The maximum atomic E-state index is 8.73. The van der Waals surface area contributed by atoms with Gasteiger partial charge in [0.2, 0.25) is 0 Å². The van der Waals surface area contributed by atoms with Crippen molar-refractivity contribution in [1.29, 1.82) is 0 Å². The molecule has 0 spiro atoms. The Kier molecular flexibility index (Phi) is 4.99. The maximum Gasteiger partial charge on any atom is 0.171 e. The van der Waals surface area contributed by atoms with Crippen LogP contribution in [0.4, 0.5) is 5.69 Å². The van der Waals surface area contributed by atoms with Crippen molar-refractivity contribution in [3.05, 3.63) is 28.2 Å². The molecule has 104 valence electrons. The number of nitrogens with two attached hydrogens (primary N) is 1. The number of oxime groups is 1. The molecule has 6 heteroatoms. The van der Waals surface area contributed by atoms with Gasteiger partial charge >= 0.3 is 0 Å². The zero-order valence-corrected chi connectivity index (χ0v) is 13.2. The summed E-state index contributed by atoms with van der Waals surface area (Å²) in [5.41, 5.74) is 7.51. The van der Waals surface area contributed by atoms with Crippen molar-refractivity contribution in [3.8, 4) is 0 Å². The zero-order valence-electron chi connectivity index (χ0n) is 10.8. The molecule has 1 heterocycles. The number of anilines is 1. The fourth-order valence-corrected chi connectivity index (χ4v) is 3.91. The SMILES string of the molecule is CCC1CN(c2ccc(/C(N)=N/O)c(Br)c2)CCS1. The second-order valence-corrected chi connectivity index (χ2v) is 6.76. The van der Waals surface area contributed by atoms with Gasteiger partial charge in [-0.1, -0.05) is 12.1 Å². The van der Waals surface area contributed by atoms with E-state index in [-0.39, 0.29) is 5.84 Å². The summed E-state index contributed by atoms with van der Waals surface area (Å²) in [4.78, 5) is 2.39. The molecule has 1 aromatic rings. The molecule has 1 atom stereocenters. The van der Waals surface area contributed by atoms with Gasteiger partial charge < -0.3 is 15.8 Å². The lowest BCUT2D eigenvalue weighted by Crippen LogP contribution is -2.37. The first-order valence-corrected chi connectivity index (χ1v) is 8.14. The molecule has 1 aliphatic rings. The quantitative estimate of drug-likeness (QED) is 0.383. The molecule has 1 aromatic carbocycles. The highest BCUT2D eigenvalue weighted by molar-refractivity contribution is 9.10.